The smallest absolute Gasteiger partial charge is 0.303 e. The molecule has 134 valence electrons. The first-order chi connectivity index (χ1) is 10.3. The van der Waals surface area contributed by atoms with E-state index in [0.717, 1.165) is 0 Å². The molecule has 5 nitrogen and oxygen atoms in total. The van der Waals surface area contributed by atoms with Gasteiger partial charge in [0.25, 0.3) is 0 Å². The van der Waals surface area contributed by atoms with Gasteiger partial charge in [0.15, 0.2) is 14.1 Å². The van der Waals surface area contributed by atoms with E-state index in [0.29, 0.717) is 0 Å². The summed E-state index contributed by atoms with van der Waals surface area (Å²) < 4.78 is 24.4. The van der Waals surface area contributed by atoms with Crippen LogP contribution in [0.15, 0.2) is 0 Å². The topological polar surface area (TPSA) is 54.0 Å². The molecule has 2 aliphatic rings. The van der Waals surface area contributed by atoms with Crippen molar-refractivity contribution in [1.29, 1.82) is 0 Å². The summed E-state index contributed by atoms with van der Waals surface area (Å²) >= 11 is 2.30. The largest absolute Gasteiger partial charge is 0.458 e. The van der Waals surface area contributed by atoms with Crippen LogP contribution in [0.4, 0.5) is 0 Å². The van der Waals surface area contributed by atoms with Gasteiger partial charge in [0.1, 0.15) is 24.4 Å². The van der Waals surface area contributed by atoms with E-state index in [9.17, 15) is 4.79 Å². The van der Waals surface area contributed by atoms with Gasteiger partial charge in [-0.25, -0.2) is 0 Å². The molecule has 0 aromatic heterocycles. The van der Waals surface area contributed by atoms with Crippen LogP contribution in [0.5, 0.6) is 0 Å². The number of rotatable bonds is 3. The molecule has 1 aliphatic heterocycles. The van der Waals surface area contributed by atoms with Gasteiger partial charge in [-0.2, -0.15) is 0 Å². The predicted molar refractivity (Wildman–Crippen MR) is 99.3 cm³/mol. The average molecular weight is 456 g/mol. The molecule has 0 bridgehead atoms. The fourth-order valence-corrected chi connectivity index (χ4v) is 5.26. The van der Waals surface area contributed by atoms with E-state index in [1.165, 1.54) is 6.92 Å². The minimum atomic E-state index is -2.03. The van der Waals surface area contributed by atoms with Gasteiger partial charge < -0.3 is 18.6 Å². The van der Waals surface area contributed by atoms with Crippen LogP contribution in [0.3, 0.4) is 0 Å². The highest BCUT2D eigenvalue weighted by Crippen LogP contribution is 2.47. The molecule has 0 spiro atoms. The summed E-state index contributed by atoms with van der Waals surface area (Å²) in [5, 5.41) is 0.0710. The monoisotopic (exact) mass is 456 g/mol. The van der Waals surface area contributed by atoms with E-state index in [1.807, 2.05) is 13.8 Å². The van der Waals surface area contributed by atoms with Gasteiger partial charge in [0.05, 0.1) is 3.92 Å². The third-order valence-electron chi connectivity index (χ3n) is 4.98. The van der Waals surface area contributed by atoms with Crippen LogP contribution in [-0.2, 0) is 23.4 Å². The second-order valence-electron chi connectivity index (χ2n) is 8.43. The first-order valence-corrected chi connectivity index (χ1v) is 12.3. The molecule has 23 heavy (non-hydrogen) atoms. The summed E-state index contributed by atoms with van der Waals surface area (Å²) in [6, 6.07) is 0. The quantitative estimate of drug-likeness (QED) is 0.281. The summed E-state index contributed by atoms with van der Waals surface area (Å²) in [6.07, 6.45) is -0.947. The van der Waals surface area contributed by atoms with Gasteiger partial charge in [-0.1, -0.05) is 43.4 Å². The predicted octanol–water partition coefficient (Wildman–Crippen LogP) is 3.65. The molecule has 2 fully saturated rings. The van der Waals surface area contributed by atoms with Crippen molar-refractivity contribution in [3.8, 4) is 0 Å². The molecule has 1 saturated heterocycles. The van der Waals surface area contributed by atoms with Crippen molar-refractivity contribution >= 4 is 36.9 Å². The number of esters is 1. The maximum absolute atomic E-state index is 11.5. The second kappa shape index (κ2) is 6.23. The summed E-state index contributed by atoms with van der Waals surface area (Å²) in [5.74, 6) is -0.922. The van der Waals surface area contributed by atoms with Gasteiger partial charge in [-0.05, 0) is 32.0 Å². The average Bonchev–Trinajstić information content (AvgIpc) is 2.75. The zero-order valence-electron chi connectivity index (χ0n) is 15.3. The Bertz CT molecular complexity index is 474. The van der Waals surface area contributed by atoms with Crippen molar-refractivity contribution in [3.05, 3.63) is 0 Å². The summed E-state index contributed by atoms with van der Waals surface area (Å²) in [7, 11) is -2.03. The van der Waals surface area contributed by atoms with Gasteiger partial charge in [-0.3, -0.25) is 4.79 Å². The Morgan fingerprint density at radius 3 is 2.13 bits per heavy atom. The number of carbonyl (C=O) groups is 1. The van der Waals surface area contributed by atoms with Crippen LogP contribution in [0.1, 0.15) is 41.5 Å². The highest BCUT2D eigenvalue weighted by Gasteiger charge is 2.61. The van der Waals surface area contributed by atoms with Crippen molar-refractivity contribution < 1.29 is 23.4 Å². The summed E-state index contributed by atoms with van der Waals surface area (Å²) in [4.78, 5) is 11.5. The number of alkyl halides is 1. The first-order valence-electron chi connectivity index (χ1n) is 8.10. The molecule has 1 saturated carbocycles. The van der Waals surface area contributed by atoms with Crippen LogP contribution in [0.2, 0.25) is 18.1 Å². The number of ether oxygens (including phenoxy) is 3. The Hall–Kier alpha value is 0.297. The van der Waals surface area contributed by atoms with E-state index in [1.54, 1.807) is 0 Å². The number of fused-ring (bicyclic) bond motifs is 1. The lowest BCUT2D eigenvalue weighted by Gasteiger charge is -2.41. The van der Waals surface area contributed by atoms with E-state index >= 15 is 0 Å². The van der Waals surface area contributed by atoms with Crippen molar-refractivity contribution in [2.45, 2.75) is 93.8 Å². The zero-order valence-corrected chi connectivity index (χ0v) is 18.5. The second-order valence-corrected chi connectivity index (χ2v) is 14.6. The SMILES string of the molecule is CC(=O)O[C@@H]1[C@@H](I)[C@@H]2OC(C)(C)O[C@@H]2[C@H]1O[Si](C)(C)C(C)(C)C. The van der Waals surface area contributed by atoms with E-state index < -0.39 is 14.1 Å². The molecule has 0 N–H and O–H groups in total. The van der Waals surface area contributed by atoms with Gasteiger partial charge in [-0.15, -0.1) is 0 Å². The molecule has 0 aromatic carbocycles. The van der Waals surface area contributed by atoms with Crippen molar-refractivity contribution in [3.63, 3.8) is 0 Å². The number of hydrogen-bond donors (Lipinski definition) is 0. The Kier molecular flexibility index (Phi) is 5.31. The van der Waals surface area contributed by atoms with Crippen LogP contribution in [0, 0.1) is 0 Å². The van der Waals surface area contributed by atoms with Gasteiger partial charge in [0, 0.05) is 6.92 Å². The molecule has 2 rings (SSSR count). The Labute approximate surface area is 154 Å². The third kappa shape index (κ3) is 3.94. The van der Waals surface area contributed by atoms with E-state index in [4.69, 9.17) is 18.6 Å². The van der Waals surface area contributed by atoms with Gasteiger partial charge >= 0.3 is 5.97 Å². The number of hydrogen-bond acceptors (Lipinski definition) is 5. The minimum absolute atomic E-state index is 0.0121. The maximum Gasteiger partial charge on any atom is 0.303 e. The third-order valence-corrected chi connectivity index (χ3v) is 10.9. The lowest BCUT2D eigenvalue weighted by molar-refractivity contribution is -0.178. The first kappa shape index (κ1) is 19.6. The van der Waals surface area contributed by atoms with Crippen molar-refractivity contribution in [1.82, 2.24) is 0 Å². The lowest BCUT2D eigenvalue weighted by atomic mass is 10.2. The molecule has 5 atom stereocenters. The van der Waals surface area contributed by atoms with Gasteiger partial charge in [0.2, 0.25) is 0 Å². The van der Waals surface area contributed by atoms with Crippen LogP contribution >= 0.6 is 22.6 Å². The van der Waals surface area contributed by atoms with Crippen molar-refractivity contribution in [2.75, 3.05) is 0 Å². The summed E-state index contributed by atoms with van der Waals surface area (Å²) in [5.41, 5.74) is 0. The maximum atomic E-state index is 11.5. The molecule has 1 heterocycles. The molecule has 0 unspecified atom stereocenters. The van der Waals surface area contributed by atoms with E-state index in [-0.39, 0.29) is 39.3 Å². The Balaban J connectivity index is 2.29. The Morgan fingerprint density at radius 1 is 1.13 bits per heavy atom. The normalized spacial score (nSPS) is 36.8. The van der Waals surface area contributed by atoms with Crippen molar-refractivity contribution in [2.24, 2.45) is 0 Å². The Morgan fingerprint density at radius 2 is 1.65 bits per heavy atom. The fourth-order valence-electron chi connectivity index (χ4n) is 2.85. The molecule has 0 amide bonds. The fraction of sp³-hybridized carbons (Fsp3) is 0.938. The highest BCUT2D eigenvalue weighted by molar-refractivity contribution is 14.1. The van der Waals surface area contributed by atoms with Crippen LogP contribution in [-0.4, -0.2) is 48.4 Å². The molecule has 0 radical (unpaired) electrons. The minimum Gasteiger partial charge on any atom is -0.458 e. The highest BCUT2D eigenvalue weighted by atomic mass is 127. The number of carbonyl (C=O) groups excluding carboxylic acids is 1. The molecular weight excluding hydrogens is 427 g/mol. The lowest BCUT2D eigenvalue weighted by Crippen LogP contribution is -2.50. The van der Waals surface area contributed by atoms with Crippen LogP contribution in [0.25, 0.3) is 0 Å². The standard InChI is InChI=1S/C16H29IO5Si/c1-9(18)19-11-10(17)12-13(21-16(5,6)20-12)14(11)22-23(7,8)15(2,3)4/h10-14H,1-8H3/t10-,11-,12+,13+,14+/m1/s1. The molecular formula is C16H29IO5Si. The van der Waals surface area contributed by atoms with E-state index in [2.05, 4.69) is 56.5 Å². The zero-order chi connectivity index (χ0) is 17.8. The summed E-state index contributed by atoms with van der Waals surface area (Å²) in [6.45, 7) is 16.3. The molecule has 7 heteroatoms. The van der Waals surface area contributed by atoms with Crippen LogP contribution < -0.4 is 0 Å². The molecule has 0 aromatic rings. The molecule has 1 aliphatic carbocycles. The number of halogens is 1.